The molecule has 0 spiro atoms. The number of rotatable bonds is 7. The van der Waals surface area contributed by atoms with E-state index in [-0.39, 0.29) is 6.61 Å². The monoisotopic (exact) mass is 333 g/mol. The van der Waals surface area contributed by atoms with Crippen molar-refractivity contribution in [3.05, 3.63) is 51.8 Å². The topological polar surface area (TPSA) is 41.3 Å². The number of halogens is 1. The Kier molecular flexibility index (Phi) is 5.05. The second-order valence-electron chi connectivity index (χ2n) is 6.32. The molecule has 3 rings (SSSR count). The Hall–Kier alpha value is -1.36. The van der Waals surface area contributed by atoms with Gasteiger partial charge in [-0.25, -0.2) is 0 Å². The van der Waals surface area contributed by atoms with E-state index in [9.17, 15) is 5.11 Å². The van der Waals surface area contributed by atoms with E-state index < -0.39 is 0 Å². The normalized spacial score (nSPS) is 14.7. The highest BCUT2D eigenvalue weighted by atomic mass is 35.5. The molecule has 1 N–H and O–H groups in total. The van der Waals surface area contributed by atoms with Crippen molar-refractivity contribution in [3.8, 4) is 0 Å². The molecule has 1 aromatic carbocycles. The van der Waals surface area contributed by atoms with Gasteiger partial charge in [-0.05, 0) is 38.3 Å². The fourth-order valence-electron chi connectivity index (χ4n) is 3.07. The Labute approximate surface area is 142 Å². The van der Waals surface area contributed by atoms with E-state index in [2.05, 4.69) is 18.7 Å². The summed E-state index contributed by atoms with van der Waals surface area (Å²) in [5, 5.41) is 14.8. The molecule has 23 heavy (non-hydrogen) atoms. The molecule has 1 aromatic heterocycles. The number of nitrogens with zero attached hydrogens (tertiary/aromatic N) is 3. The van der Waals surface area contributed by atoms with Crippen LogP contribution in [0.3, 0.4) is 0 Å². The van der Waals surface area contributed by atoms with Crippen molar-refractivity contribution < 1.29 is 5.11 Å². The van der Waals surface area contributed by atoms with Crippen molar-refractivity contribution in [2.75, 3.05) is 13.2 Å². The standard InChI is InChI=1S/C18H24ClN3O/c1-13-17(12-21(9-10-23)16-7-8-16)14(2)22(20-13)11-15-5-3-4-6-18(15)19/h3-6,16,23H,7-12H2,1-2H3. The van der Waals surface area contributed by atoms with Crippen LogP contribution in [0.4, 0.5) is 0 Å². The molecule has 0 amide bonds. The number of aromatic nitrogens is 2. The van der Waals surface area contributed by atoms with Crippen molar-refractivity contribution in [1.29, 1.82) is 0 Å². The van der Waals surface area contributed by atoms with Crippen LogP contribution in [0.2, 0.25) is 5.02 Å². The highest BCUT2D eigenvalue weighted by Crippen LogP contribution is 2.29. The Balaban J connectivity index is 1.80. The summed E-state index contributed by atoms with van der Waals surface area (Å²) in [7, 11) is 0. The lowest BCUT2D eigenvalue weighted by Crippen LogP contribution is -2.29. The molecule has 1 aliphatic rings. The number of hydrogen-bond donors (Lipinski definition) is 1. The molecule has 0 saturated heterocycles. The van der Waals surface area contributed by atoms with Crippen LogP contribution in [0.1, 0.15) is 35.4 Å². The van der Waals surface area contributed by atoms with Gasteiger partial charge >= 0.3 is 0 Å². The van der Waals surface area contributed by atoms with E-state index in [1.807, 2.05) is 28.9 Å². The molecule has 0 atom stereocenters. The maximum Gasteiger partial charge on any atom is 0.0677 e. The summed E-state index contributed by atoms with van der Waals surface area (Å²) < 4.78 is 2.04. The van der Waals surface area contributed by atoms with Crippen molar-refractivity contribution in [1.82, 2.24) is 14.7 Å². The molecule has 0 radical (unpaired) electrons. The van der Waals surface area contributed by atoms with Gasteiger partial charge in [-0.2, -0.15) is 5.10 Å². The van der Waals surface area contributed by atoms with Crippen LogP contribution < -0.4 is 0 Å². The lowest BCUT2D eigenvalue weighted by atomic mass is 10.1. The number of benzene rings is 1. The van der Waals surface area contributed by atoms with Crippen LogP contribution in [0.15, 0.2) is 24.3 Å². The van der Waals surface area contributed by atoms with E-state index in [0.29, 0.717) is 12.6 Å². The summed E-state index contributed by atoms with van der Waals surface area (Å²) in [6.45, 7) is 6.69. The maximum absolute atomic E-state index is 9.28. The van der Waals surface area contributed by atoms with Gasteiger partial charge in [-0.1, -0.05) is 29.8 Å². The fraction of sp³-hybridized carbons (Fsp3) is 0.500. The van der Waals surface area contributed by atoms with Gasteiger partial charge in [0.2, 0.25) is 0 Å². The van der Waals surface area contributed by atoms with Gasteiger partial charge < -0.3 is 5.11 Å². The van der Waals surface area contributed by atoms with Crippen molar-refractivity contribution in [2.24, 2.45) is 0 Å². The number of aliphatic hydroxyl groups excluding tert-OH is 1. The zero-order chi connectivity index (χ0) is 16.4. The van der Waals surface area contributed by atoms with Gasteiger partial charge in [-0.15, -0.1) is 0 Å². The van der Waals surface area contributed by atoms with Crippen molar-refractivity contribution in [3.63, 3.8) is 0 Å². The molecular weight excluding hydrogens is 310 g/mol. The Morgan fingerprint density at radius 2 is 2.04 bits per heavy atom. The van der Waals surface area contributed by atoms with Crippen LogP contribution >= 0.6 is 11.6 Å². The van der Waals surface area contributed by atoms with Gasteiger partial charge in [0.05, 0.1) is 18.8 Å². The molecule has 5 heteroatoms. The van der Waals surface area contributed by atoms with Gasteiger partial charge in [0.15, 0.2) is 0 Å². The van der Waals surface area contributed by atoms with E-state index >= 15 is 0 Å². The second kappa shape index (κ2) is 7.04. The Bertz CT molecular complexity index is 679. The molecule has 2 aromatic rings. The summed E-state index contributed by atoms with van der Waals surface area (Å²) in [4.78, 5) is 2.37. The van der Waals surface area contributed by atoms with E-state index in [1.165, 1.54) is 24.1 Å². The molecule has 0 unspecified atom stereocenters. The molecule has 4 nitrogen and oxygen atoms in total. The first-order valence-corrected chi connectivity index (χ1v) is 8.59. The third kappa shape index (κ3) is 3.77. The molecule has 1 fully saturated rings. The van der Waals surface area contributed by atoms with Crippen LogP contribution in [-0.2, 0) is 13.1 Å². The minimum absolute atomic E-state index is 0.211. The molecule has 1 heterocycles. The highest BCUT2D eigenvalue weighted by Gasteiger charge is 2.29. The first kappa shape index (κ1) is 16.5. The number of aryl methyl sites for hydroxylation is 1. The third-order valence-electron chi connectivity index (χ3n) is 4.62. The SMILES string of the molecule is Cc1nn(Cc2ccccc2Cl)c(C)c1CN(CCO)C1CC1. The fourth-order valence-corrected chi connectivity index (χ4v) is 3.26. The van der Waals surface area contributed by atoms with E-state index in [0.717, 1.165) is 29.4 Å². The predicted octanol–water partition coefficient (Wildman–Crippen LogP) is 3.16. The van der Waals surface area contributed by atoms with Gasteiger partial charge in [0.1, 0.15) is 0 Å². The lowest BCUT2D eigenvalue weighted by molar-refractivity contribution is 0.183. The lowest BCUT2D eigenvalue weighted by Gasteiger charge is -2.21. The zero-order valence-corrected chi connectivity index (χ0v) is 14.6. The second-order valence-corrected chi connectivity index (χ2v) is 6.73. The summed E-state index contributed by atoms with van der Waals surface area (Å²) in [6, 6.07) is 8.54. The molecule has 0 aliphatic heterocycles. The van der Waals surface area contributed by atoms with E-state index in [1.54, 1.807) is 0 Å². The van der Waals surface area contributed by atoms with Crippen LogP contribution in [0.25, 0.3) is 0 Å². The highest BCUT2D eigenvalue weighted by molar-refractivity contribution is 6.31. The zero-order valence-electron chi connectivity index (χ0n) is 13.8. The van der Waals surface area contributed by atoms with Gasteiger partial charge in [0, 0.05) is 35.4 Å². The molecule has 124 valence electrons. The summed E-state index contributed by atoms with van der Waals surface area (Å²) in [5.41, 5.74) is 4.61. The molecule has 1 saturated carbocycles. The quantitative estimate of drug-likeness (QED) is 0.846. The average Bonchev–Trinajstić information content (AvgIpc) is 3.33. The molecular formula is C18H24ClN3O. The van der Waals surface area contributed by atoms with Crippen LogP contribution in [0.5, 0.6) is 0 Å². The first-order chi connectivity index (χ1) is 11.1. The number of hydrogen-bond acceptors (Lipinski definition) is 3. The summed E-state index contributed by atoms with van der Waals surface area (Å²) in [5.74, 6) is 0. The summed E-state index contributed by atoms with van der Waals surface area (Å²) in [6.07, 6.45) is 2.48. The Morgan fingerprint density at radius 3 is 2.70 bits per heavy atom. The smallest absolute Gasteiger partial charge is 0.0677 e. The Morgan fingerprint density at radius 1 is 1.30 bits per heavy atom. The van der Waals surface area contributed by atoms with Crippen molar-refractivity contribution >= 4 is 11.6 Å². The first-order valence-electron chi connectivity index (χ1n) is 8.21. The summed E-state index contributed by atoms with van der Waals surface area (Å²) >= 11 is 6.27. The third-order valence-corrected chi connectivity index (χ3v) is 4.99. The van der Waals surface area contributed by atoms with Gasteiger partial charge in [-0.3, -0.25) is 9.58 Å². The minimum Gasteiger partial charge on any atom is -0.395 e. The maximum atomic E-state index is 9.28. The molecule has 1 aliphatic carbocycles. The van der Waals surface area contributed by atoms with Crippen molar-refractivity contribution in [2.45, 2.75) is 45.8 Å². The number of aliphatic hydroxyl groups is 1. The van der Waals surface area contributed by atoms with Gasteiger partial charge in [0.25, 0.3) is 0 Å². The predicted molar refractivity (Wildman–Crippen MR) is 92.8 cm³/mol. The van der Waals surface area contributed by atoms with Crippen LogP contribution in [0, 0.1) is 13.8 Å². The minimum atomic E-state index is 0.211. The average molecular weight is 334 g/mol. The molecule has 0 bridgehead atoms. The van der Waals surface area contributed by atoms with E-state index in [4.69, 9.17) is 16.7 Å². The largest absolute Gasteiger partial charge is 0.395 e. The van der Waals surface area contributed by atoms with Crippen LogP contribution in [-0.4, -0.2) is 39.0 Å².